The van der Waals surface area contributed by atoms with Crippen molar-refractivity contribution < 1.29 is 14.3 Å². The molecule has 1 atom stereocenters. The number of methoxy groups -OCH3 is 1. The molecule has 154 valence electrons. The SMILES string of the molecule is COC1=C(P(Br)(C2=CCC=CC2)(C2=CCC=CC2)C2=CCC=CC2)OC(=O)C1C. The molecule has 0 amide bonds. The fourth-order valence-electron chi connectivity index (χ4n) is 4.82. The first kappa shape index (κ1) is 20.6. The minimum absolute atomic E-state index is 0.226. The van der Waals surface area contributed by atoms with Gasteiger partial charge < -0.3 is 0 Å². The number of hydrogen-bond donors (Lipinski definition) is 0. The standard InChI is InChI=1S/C24H28BrO3P/c1-18-22(27-2)24(28-23(18)26)29(25,19-12-6-3-7-13-19,20-14-8-4-9-15-20)21-16-10-5-11-17-21/h3-6,8,10,13,15,17-18H,7,9,11-12,14,16H2,1-2H3. The molecule has 5 heteroatoms. The first-order chi connectivity index (χ1) is 14.0. The van der Waals surface area contributed by atoms with E-state index in [1.54, 1.807) is 7.11 Å². The molecule has 1 aliphatic heterocycles. The maximum absolute atomic E-state index is 12.7. The zero-order valence-corrected chi connectivity index (χ0v) is 19.5. The number of esters is 1. The topological polar surface area (TPSA) is 35.5 Å². The van der Waals surface area contributed by atoms with Crippen molar-refractivity contribution in [2.24, 2.45) is 5.92 Å². The molecule has 3 nitrogen and oxygen atoms in total. The van der Waals surface area contributed by atoms with Crippen LogP contribution in [0.25, 0.3) is 0 Å². The van der Waals surface area contributed by atoms with E-state index in [0.29, 0.717) is 5.76 Å². The summed E-state index contributed by atoms with van der Waals surface area (Å²) in [7, 11) is 1.65. The van der Waals surface area contributed by atoms with Gasteiger partial charge in [0, 0.05) is 0 Å². The predicted molar refractivity (Wildman–Crippen MR) is 125 cm³/mol. The Morgan fingerprint density at radius 3 is 1.69 bits per heavy atom. The molecule has 29 heavy (non-hydrogen) atoms. The molecule has 0 aromatic heterocycles. The Bertz CT molecular complexity index is 864. The van der Waals surface area contributed by atoms with Gasteiger partial charge in [0.1, 0.15) is 0 Å². The van der Waals surface area contributed by atoms with E-state index in [1.807, 2.05) is 6.92 Å². The molecule has 4 aliphatic rings. The number of rotatable bonds is 5. The Morgan fingerprint density at radius 2 is 1.34 bits per heavy atom. The number of cyclic esters (lactones) is 1. The summed E-state index contributed by atoms with van der Waals surface area (Å²) >= 11 is 4.45. The van der Waals surface area contributed by atoms with Crippen LogP contribution in [-0.4, -0.2) is 13.1 Å². The Morgan fingerprint density at radius 1 is 0.897 bits per heavy atom. The van der Waals surface area contributed by atoms with Gasteiger partial charge in [-0.1, -0.05) is 0 Å². The van der Waals surface area contributed by atoms with Crippen LogP contribution in [0.4, 0.5) is 0 Å². The van der Waals surface area contributed by atoms with Crippen molar-refractivity contribution in [2.45, 2.75) is 45.4 Å². The Labute approximate surface area is 181 Å². The minimum atomic E-state index is -3.30. The zero-order chi connectivity index (χ0) is 20.5. The first-order valence-electron chi connectivity index (χ1n) is 10.3. The predicted octanol–water partition coefficient (Wildman–Crippen LogP) is 7.56. The summed E-state index contributed by atoms with van der Waals surface area (Å²) in [6, 6.07) is 0. The average molecular weight is 475 g/mol. The van der Waals surface area contributed by atoms with Gasteiger partial charge in [0.15, 0.2) is 0 Å². The van der Waals surface area contributed by atoms with Crippen molar-refractivity contribution in [2.75, 3.05) is 7.11 Å². The van der Waals surface area contributed by atoms with E-state index in [9.17, 15) is 4.79 Å². The second-order valence-corrected chi connectivity index (χ2v) is 16.2. The molecule has 0 N–H and O–H groups in total. The number of ether oxygens (including phenoxy) is 2. The van der Waals surface area contributed by atoms with Gasteiger partial charge in [-0.25, -0.2) is 0 Å². The number of carbonyl (C=O) groups excluding carboxylic acids is 1. The van der Waals surface area contributed by atoms with Gasteiger partial charge >= 0.3 is 181 Å². The number of carbonyl (C=O) groups is 1. The third-order valence-corrected chi connectivity index (χ3v) is 16.8. The Hall–Kier alpha value is -1.64. The van der Waals surface area contributed by atoms with Crippen molar-refractivity contribution in [1.29, 1.82) is 0 Å². The molecule has 0 fully saturated rings. The number of halogens is 1. The van der Waals surface area contributed by atoms with Gasteiger partial charge in [0.2, 0.25) is 0 Å². The van der Waals surface area contributed by atoms with Crippen molar-refractivity contribution >= 4 is 26.8 Å². The van der Waals surface area contributed by atoms with Crippen molar-refractivity contribution in [3.63, 3.8) is 0 Å². The summed E-state index contributed by atoms with van der Waals surface area (Å²) in [5, 5.41) is 0.683. The normalized spacial score (nSPS) is 25.8. The van der Waals surface area contributed by atoms with E-state index >= 15 is 0 Å². The summed E-state index contributed by atoms with van der Waals surface area (Å²) < 4.78 is 12.0. The van der Waals surface area contributed by atoms with Gasteiger partial charge in [-0.15, -0.1) is 0 Å². The summed E-state index contributed by atoms with van der Waals surface area (Å²) in [6.45, 7) is 1.88. The Kier molecular flexibility index (Phi) is 5.61. The van der Waals surface area contributed by atoms with E-state index in [4.69, 9.17) is 9.47 Å². The molecular weight excluding hydrogens is 447 g/mol. The van der Waals surface area contributed by atoms with Gasteiger partial charge in [-0.2, -0.15) is 0 Å². The summed E-state index contributed by atoms with van der Waals surface area (Å²) in [6.07, 6.45) is 25.6. The van der Waals surface area contributed by atoms with Crippen molar-refractivity contribution in [1.82, 2.24) is 0 Å². The third kappa shape index (κ3) is 2.99. The van der Waals surface area contributed by atoms with E-state index in [-0.39, 0.29) is 5.97 Å². The van der Waals surface area contributed by atoms with Gasteiger partial charge in [0.05, 0.1) is 0 Å². The second kappa shape index (κ2) is 7.89. The van der Waals surface area contributed by atoms with E-state index in [2.05, 4.69) is 70.2 Å². The molecule has 0 saturated heterocycles. The monoisotopic (exact) mass is 474 g/mol. The summed E-state index contributed by atoms with van der Waals surface area (Å²) in [5.41, 5.74) is 0.723. The van der Waals surface area contributed by atoms with Crippen LogP contribution in [0.5, 0.6) is 0 Å². The van der Waals surface area contributed by atoms with Gasteiger partial charge in [-0.3, -0.25) is 0 Å². The fraction of sp³-hybridized carbons (Fsp3) is 0.375. The van der Waals surface area contributed by atoms with Crippen LogP contribution in [0.2, 0.25) is 0 Å². The maximum atomic E-state index is 12.7. The van der Waals surface area contributed by atoms with E-state index in [0.717, 1.165) is 44.0 Å². The molecule has 0 aromatic rings. The molecule has 4 rings (SSSR count). The average Bonchev–Trinajstić information content (AvgIpc) is 3.09. The molecule has 0 saturated carbocycles. The summed E-state index contributed by atoms with van der Waals surface area (Å²) in [5.74, 6) is 0.0512. The van der Waals surface area contributed by atoms with Crippen molar-refractivity contribution in [3.8, 4) is 0 Å². The first-order valence-corrected chi connectivity index (χ1v) is 14.5. The molecule has 0 spiro atoms. The van der Waals surface area contributed by atoms with E-state index < -0.39 is 11.2 Å². The molecule has 3 aliphatic carbocycles. The van der Waals surface area contributed by atoms with Crippen LogP contribution in [0.1, 0.15) is 45.4 Å². The quantitative estimate of drug-likeness (QED) is 0.234. The number of hydrogen-bond acceptors (Lipinski definition) is 3. The van der Waals surface area contributed by atoms with Crippen molar-refractivity contribution in [3.05, 3.63) is 81.9 Å². The molecule has 0 bridgehead atoms. The third-order valence-electron chi connectivity index (χ3n) is 6.32. The fourth-order valence-corrected chi connectivity index (χ4v) is 13.7. The zero-order valence-electron chi connectivity index (χ0n) is 17.1. The van der Waals surface area contributed by atoms with Crippen LogP contribution < -0.4 is 0 Å². The molecular formula is C24H28BrO3P. The molecule has 0 radical (unpaired) electrons. The van der Waals surface area contributed by atoms with E-state index in [1.165, 1.54) is 15.9 Å². The molecule has 1 heterocycles. The molecule has 0 aromatic carbocycles. The number of allylic oxidation sites excluding steroid dienone is 12. The van der Waals surface area contributed by atoms with Crippen LogP contribution in [0.15, 0.2) is 81.9 Å². The van der Waals surface area contributed by atoms with Crippen LogP contribution >= 0.6 is 20.8 Å². The Balaban J connectivity index is 2.08. The van der Waals surface area contributed by atoms with Gasteiger partial charge in [-0.05, 0) is 0 Å². The van der Waals surface area contributed by atoms with Crippen LogP contribution in [-0.2, 0) is 14.3 Å². The van der Waals surface area contributed by atoms with Crippen LogP contribution in [0.3, 0.4) is 0 Å². The summed E-state index contributed by atoms with van der Waals surface area (Å²) in [4.78, 5) is 12.7. The van der Waals surface area contributed by atoms with Gasteiger partial charge in [0.25, 0.3) is 0 Å². The molecule has 1 unspecified atom stereocenters. The van der Waals surface area contributed by atoms with Crippen LogP contribution in [0, 0.1) is 5.92 Å². The second-order valence-electron chi connectivity index (χ2n) is 7.85.